The topological polar surface area (TPSA) is 89.3 Å². The van der Waals surface area contributed by atoms with Crippen LogP contribution in [0, 0.1) is 12.7 Å². The molecule has 0 aliphatic rings. The Hall–Kier alpha value is -1.47. The minimum absolute atomic E-state index is 0.00182. The van der Waals surface area contributed by atoms with Crippen LogP contribution in [0.4, 0.5) is 10.1 Å². The third-order valence-electron chi connectivity index (χ3n) is 2.61. The van der Waals surface area contributed by atoms with Gasteiger partial charge in [0, 0.05) is 6.26 Å². The van der Waals surface area contributed by atoms with E-state index in [1.807, 2.05) is 0 Å². The Morgan fingerprint density at radius 2 is 2.11 bits per heavy atom. The van der Waals surface area contributed by atoms with Gasteiger partial charge in [-0.1, -0.05) is 12.1 Å². The fourth-order valence-electron chi connectivity index (χ4n) is 1.48. The van der Waals surface area contributed by atoms with Crippen LogP contribution in [0.15, 0.2) is 18.2 Å². The minimum Gasteiger partial charge on any atom is -0.322 e. The molecule has 0 heterocycles. The number of nitrogens with two attached hydrogens (primary N) is 1. The Morgan fingerprint density at radius 1 is 1.47 bits per heavy atom. The summed E-state index contributed by atoms with van der Waals surface area (Å²) in [6, 6.07) is 3.42. The zero-order valence-electron chi connectivity index (χ0n) is 10.8. The third kappa shape index (κ3) is 4.96. The van der Waals surface area contributed by atoms with Crippen molar-refractivity contribution in [2.45, 2.75) is 19.4 Å². The lowest BCUT2D eigenvalue weighted by Gasteiger charge is -2.13. The van der Waals surface area contributed by atoms with Gasteiger partial charge >= 0.3 is 0 Å². The van der Waals surface area contributed by atoms with Crippen molar-refractivity contribution in [3.05, 3.63) is 29.6 Å². The molecule has 0 radical (unpaired) electrons. The van der Waals surface area contributed by atoms with Crippen molar-refractivity contribution in [2.24, 2.45) is 5.73 Å². The largest absolute Gasteiger partial charge is 0.322 e. The minimum atomic E-state index is -3.18. The molecule has 0 aliphatic heterocycles. The molecule has 1 unspecified atom stereocenters. The lowest BCUT2D eigenvalue weighted by atomic mass is 10.1. The first-order chi connectivity index (χ1) is 8.70. The summed E-state index contributed by atoms with van der Waals surface area (Å²) in [6.07, 6.45) is 1.07. The molecule has 0 aliphatic carbocycles. The van der Waals surface area contributed by atoms with E-state index in [1.165, 1.54) is 12.1 Å². The summed E-state index contributed by atoms with van der Waals surface area (Å²) >= 11 is 0. The summed E-state index contributed by atoms with van der Waals surface area (Å²) in [5.41, 5.74) is 6.22. The SMILES string of the molecule is Cc1cccc(F)c1NC(=O)C(N)CCS(C)(=O)=O. The van der Waals surface area contributed by atoms with E-state index in [1.54, 1.807) is 13.0 Å². The zero-order chi connectivity index (χ0) is 14.6. The predicted octanol–water partition coefficient (Wildman–Crippen LogP) is 0.835. The maximum Gasteiger partial charge on any atom is 0.241 e. The number of carbonyl (C=O) groups is 1. The van der Waals surface area contributed by atoms with Gasteiger partial charge < -0.3 is 11.1 Å². The van der Waals surface area contributed by atoms with Gasteiger partial charge in [0.25, 0.3) is 0 Å². The van der Waals surface area contributed by atoms with E-state index in [-0.39, 0.29) is 17.9 Å². The van der Waals surface area contributed by atoms with E-state index >= 15 is 0 Å². The van der Waals surface area contributed by atoms with Gasteiger partial charge in [-0.05, 0) is 25.0 Å². The molecule has 0 fully saturated rings. The summed E-state index contributed by atoms with van der Waals surface area (Å²) in [7, 11) is -3.18. The highest BCUT2D eigenvalue weighted by Crippen LogP contribution is 2.18. The first-order valence-electron chi connectivity index (χ1n) is 5.70. The van der Waals surface area contributed by atoms with Gasteiger partial charge in [-0.15, -0.1) is 0 Å². The van der Waals surface area contributed by atoms with Crippen molar-refractivity contribution >= 4 is 21.4 Å². The number of anilines is 1. The average molecular weight is 288 g/mol. The number of hydrogen-bond acceptors (Lipinski definition) is 4. The number of rotatable bonds is 5. The Labute approximate surface area is 111 Å². The second-order valence-corrected chi connectivity index (χ2v) is 6.71. The van der Waals surface area contributed by atoms with Gasteiger partial charge in [0.1, 0.15) is 15.7 Å². The summed E-state index contributed by atoms with van der Waals surface area (Å²) in [6.45, 7) is 1.65. The predicted molar refractivity (Wildman–Crippen MR) is 72.1 cm³/mol. The number of carbonyl (C=O) groups excluding carboxylic acids is 1. The molecule has 1 aromatic carbocycles. The molecule has 7 heteroatoms. The Morgan fingerprint density at radius 3 is 2.63 bits per heavy atom. The lowest BCUT2D eigenvalue weighted by Crippen LogP contribution is -2.37. The molecule has 0 aromatic heterocycles. The molecule has 0 saturated heterocycles. The average Bonchev–Trinajstić information content (AvgIpc) is 2.29. The molecule has 0 bridgehead atoms. The van der Waals surface area contributed by atoms with Crippen LogP contribution >= 0.6 is 0 Å². The molecule has 0 saturated carbocycles. The quantitative estimate of drug-likeness (QED) is 0.840. The van der Waals surface area contributed by atoms with Gasteiger partial charge in [-0.2, -0.15) is 0 Å². The second kappa shape index (κ2) is 6.12. The van der Waals surface area contributed by atoms with Crippen LogP contribution in [0.25, 0.3) is 0 Å². The van der Waals surface area contributed by atoms with Crippen LogP contribution in [0.3, 0.4) is 0 Å². The number of nitrogens with one attached hydrogen (secondary N) is 1. The number of benzene rings is 1. The first-order valence-corrected chi connectivity index (χ1v) is 7.76. The highest BCUT2D eigenvalue weighted by molar-refractivity contribution is 7.90. The summed E-state index contributed by atoms with van der Waals surface area (Å²) < 4.78 is 35.5. The lowest BCUT2D eigenvalue weighted by molar-refractivity contribution is -0.117. The molecule has 3 N–H and O–H groups in total. The maximum absolute atomic E-state index is 13.5. The molecule has 1 rings (SSSR count). The van der Waals surface area contributed by atoms with Crippen molar-refractivity contribution in [2.75, 3.05) is 17.3 Å². The maximum atomic E-state index is 13.5. The van der Waals surface area contributed by atoms with Crippen molar-refractivity contribution in [3.63, 3.8) is 0 Å². The summed E-state index contributed by atoms with van der Waals surface area (Å²) in [5, 5.41) is 2.38. The van der Waals surface area contributed by atoms with E-state index < -0.39 is 27.6 Å². The molecule has 1 aromatic rings. The molecular formula is C12H17FN2O3S. The van der Waals surface area contributed by atoms with E-state index in [0.717, 1.165) is 6.26 Å². The molecule has 19 heavy (non-hydrogen) atoms. The Kier molecular flexibility index (Phi) is 5.02. The Bertz CT molecular complexity index is 552. The summed E-state index contributed by atoms with van der Waals surface area (Å²) in [4.78, 5) is 11.7. The van der Waals surface area contributed by atoms with E-state index in [9.17, 15) is 17.6 Å². The van der Waals surface area contributed by atoms with Crippen LogP contribution in [0.1, 0.15) is 12.0 Å². The number of hydrogen-bond donors (Lipinski definition) is 2. The number of sulfone groups is 1. The van der Waals surface area contributed by atoms with Crippen molar-refractivity contribution in [1.82, 2.24) is 0 Å². The number of para-hydroxylation sites is 1. The molecule has 5 nitrogen and oxygen atoms in total. The fourth-order valence-corrected chi connectivity index (χ4v) is 2.16. The highest BCUT2D eigenvalue weighted by Gasteiger charge is 2.18. The van der Waals surface area contributed by atoms with Crippen LogP contribution in [-0.2, 0) is 14.6 Å². The first kappa shape index (κ1) is 15.6. The normalized spacial score (nSPS) is 13.1. The molecule has 0 spiro atoms. The van der Waals surface area contributed by atoms with Crippen molar-refractivity contribution in [3.8, 4) is 0 Å². The Balaban J connectivity index is 2.69. The molecular weight excluding hydrogens is 271 g/mol. The number of amides is 1. The highest BCUT2D eigenvalue weighted by atomic mass is 32.2. The third-order valence-corrected chi connectivity index (χ3v) is 3.58. The van der Waals surface area contributed by atoms with Crippen LogP contribution in [0.2, 0.25) is 0 Å². The fraction of sp³-hybridized carbons (Fsp3) is 0.417. The zero-order valence-corrected chi connectivity index (χ0v) is 11.6. The van der Waals surface area contributed by atoms with Crippen molar-refractivity contribution < 1.29 is 17.6 Å². The van der Waals surface area contributed by atoms with Gasteiger partial charge in [-0.25, -0.2) is 12.8 Å². The standard InChI is InChI=1S/C12H17FN2O3S/c1-8-4-3-5-9(13)11(8)15-12(16)10(14)6-7-19(2,17)18/h3-5,10H,6-7,14H2,1-2H3,(H,15,16). The van der Waals surface area contributed by atoms with Gasteiger partial charge in [0.2, 0.25) is 5.91 Å². The van der Waals surface area contributed by atoms with Crippen LogP contribution < -0.4 is 11.1 Å². The summed E-state index contributed by atoms with van der Waals surface area (Å²) in [5.74, 6) is -1.34. The van der Waals surface area contributed by atoms with E-state index in [4.69, 9.17) is 5.73 Å². The van der Waals surface area contributed by atoms with E-state index in [2.05, 4.69) is 5.32 Å². The second-order valence-electron chi connectivity index (χ2n) is 4.45. The van der Waals surface area contributed by atoms with E-state index in [0.29, 0.717) is 5.56 Å². The van der Waals surface area contributed by atoms with Crippen molar-refractivity contribution in [1.29, 1.82) is 0 Å². The smallest absolute Gasteiger partial charge is 0.241 e. The van der Waals surface area contributed by atoms with Gasteiger partial charge in [0.05, 0.1) is 17.5 Å². The van der Waals surface area contributed by atoms with Crippen LogP contribution in [-0.4, -0.2) is 32.4 Å². The van der Waals surface area contributed by atoms with Crippen LogP contribution in [0.5, 0.6) is 0 Å². The molecule has 106 valence electrons. The monoisotopic (exact) mass is 288 g/mol. The van der Waals surface area contributed by atoms with Gasteiger partial charge in [0.15, 0.2) is 0 Å². The van der Waals surface area contributed by atoms with Gasteiger partial charge in [-0.3, -0.25) is 4.79 Å². The molecule has 1 amide bonds. The molecule has 1 atom stereocenters. The number of halogens is 1. The number of aryl methyl sites for hydroxylation is 1.